The quantitative estimate of drug-likeness (QED) is 0.455. The molecule has 3 aromatic rings. The zero-order valence-electron chi connectivity index (χ0n) is 17.9. The molecule has 170 valence electrons. The van der Waals surface area contributed by atoms with Gasteiger partial charge in [0.25, 0.3) is 5.91 Å². The summed E-state index contributed by atoms with van der Waals surface area (Å²) in [7, 11) is 0. The first-order chi connectivity index (χ1) is 16.1. The molecule has 1 amide bonds. The van der Waals surface area contributed by atoms with Gasteiger partial charge in [-0.25, -0.2) is 9.98 Å². The lowest BCUT2D eigenvalue weighted by Crippen LogP contribution is -2.32. The lowest BCUT2D eigenvalue weighted by molar-refractivity contribution is -0.115. The molecular formula is C24H23Cl2N5OS. The number of carbonyl (C=O) groups excluding carboxylic acids is 1. The van der Waals surface area contributed by atoms with Crippen LogP contribution in [0.1, 0.15) is 24.8 Å². The highest BCUT2D eigenvalue weighted by molar-refractivity contribution is 8.18. The third-order valence-electron chi connectivity index (χ3n) is 5.85. The standard InChI is InChI=1S/C24H23Cl2N5OS/c25-17-5-4-6-18(26)22(17)28-24-29-23(32)21(33-24)14-16-7-8-19-20(13-16)31(15-27-19)12-11-30-9-2-1-3-10-30/h4-8,13-15H,1-3,9-12H2,(H,28,29,32)/b21-14-. The first-order valence-electron chi connectivity index (χ1n) is 11.0. The number of aliphatic imine (C=N–C) groups is 1. The number of hydrogen-bond donors (Lipinski definition) is 1. The molecule has 0 unspecified atom stereocenters. The number of aromatic nitrogens is 2. The van der Waals surface area contributed by atoms with E-state index in [0.717, 1.165) is 29.7 Å². The van der Waals surface area contributed by atoms with Crippen molar-refractivity contribution in [3.63, 3.8) is 0 Å². The van der Waals surface area contributed by atoms with E-state index in [4.69, 9.17) is 23.2 Å². The number of amides is 1. The van der Waals surface area contributed by atoms with Crippen molar-refractivity contribution in [1.29, 1.82) is 0 Å². The molecule has 1 aromatic heterocycles. The molecule has 2 saturated heterocycles. The van der Waals surface area contributed by atoms with Gasteiger partial charge in [-0.3, -0.25) is 4.79 Å². The summed E-state index contributed by atoms with van der Waals surface area (Å²) in [6, 6.07) is 11.2. The van der Waals surface area contributed by atoms with Crippen LogP contribution in [0.15, 0.2) is 52.6 Å². The van der Waals surface area contributed by atoms with Crippen molar-refractivity contribution >= 4 is 68.8 Å². The summed E-state index contributed by atoms with van der Waals surface area (Å²) in [5, 5.41) is 4.12. The smallest absolute Gasteiger partial charge is 0.264 e. The summed E-state index contributed by atoms with van der Waals surface area (Å²) in [4.78, 5) is 24.6. The van der Waals surface area contributed by atoms with Crippen molar-refractivity contribution in [2.45, 2.75) is 25.8 Å². The normalized spacial score (nSPS) is 19.6. The van der Waals surface area contributed by atoms with Crippen LogP contribution in [-0.2, 0) is 11.3 Å². The Kier molecular flexibility index (Phi) is 6.74. The monoisotopic (exact) mass is 499 g/mol. The number of piperidine rings is 1. The Labute approximate surface area is 206 Å². The highest BCUT2D eigenvalue weighted by Gasteiger charge is 2.24. The lowest BCUT2D eigenvalue weighted by Gasteiger charge is -2.26. The highest BCUT2D eigenvalue weighted by Crippen LogP contribution is 2.35. The number of fused-ring (bicyclic) bond motifs is 1. The molecule has 0 atom stereocenters. The van der Waals surface area contributed by atoms with Crippen LogP contribution in [-0.4, -0.2) is 45.2 Å². The predicted molar refractivity (Wildman–Crippen MR) is 137 cm³/mol. The minimum Gasteiger partial charge on any atom is -0.329 e. The Bertz CT molecular complexity index is 1240. The second-order valence-corrected chi connectivity index (χ2v) is 9.99. The molecule has 5 rings (SSSR count). The third kappa shape index (κ3) is 5.11. The van der Waals surface area contributed by atoms with E-state index in [1.807, 2.05) is 24.5 Å². The number of rotatable bonds is 5. The number of amidine groups is 1. The molecule has 1 N–H and O–H groups in total. The largest absolute Gasteiger partial charge is 0.329 e. The van der Waals surface area contributed by atoms with Gasteiger partial charge in [0.1, 0.15) is 5.69 Å². The van der Waals surface area contributed by atoms with E-state index >= 15 is 0 Å². The summed E-state index contributed by atoms with van der Waals surface area (Å²) in [6.45, 7) is 4.29. The molecule has 6 nitrogen and oxygen atoms in total. The van der Waals surface area contributed by atoms with Gasteiger partial charge in [-0.15, -0.1) is 0 Å². The van der Waals surface area contributed by atoms with Crippen molar-refractivity contribution in [1.82, 2.24) is 19.8 Å². The van der Waals surface area contributed by atoms with Crippen molar-refractivity contribution in [2.24, 2.45) is 4.99 Å². The van der Waals surface area contributed by atoms with Crippen molar-refractivity contribution in [2.75, 3.05) is 19.6 Å². The molecule has 3 heterocycles. The Hall–Kier alpha value is -2.32. The average Bonchev–Trinajstić information content (AvgIpc) is 3.38. The van der Waals surface area contributed by atoms with Gasteiger partial charge < -0.3 is 14.8 Å². The van der Waals surface area contributed by atoms with Crippen LogP contribution in [0, 0.1) is 0 Å². The second kappa shape index (κ2) is 9.89. The average molecular weight is 500 g/mol. The van der Waals surface area contributed by atoms with Crippen LogP contribution in [0.3, 0.4) is 0 Å². The van der Waals surface area contributed by atoms with Gasteiger partial charge in [-0.05, 0) is 73.6 Å². The zero-order chi connectivity index (χ0) is 22.8. The number of benzene rings is 2. The highest BCUT2D eigenvalue weighted by atomic mass is 35.5. The molecule has 2 aliphatic rings. The first kappa shape index (κ1) is 22.5. The molecule has 0 bridgehead atoms. The molecule has 0 spiro atoms. The summed E-state index contributed by atoms with van der Waals surface area (Å²) < 4.78 is 2.19. The van der Waals surface area contributed by atoms with Crippen LogP contribution in [0.2, 0.25) is 10.0 Å². The zero-order valence-corrected chi connectivity index (χ0v) is 20.3. The van der Waals surface area contributed by atoms with E-state index in [-0.39, 0.29) is 5.91 Å². The van der Waals surface area contributed by atoms with Gasteiger partial charge in [-0.2, -0.15) is 0 Å². The number of likely N-dealkylation sites (tertiary alicyclic amines) is 1. The number of carbonyl (C=O) groups is 1. The van der Waals surface area contributed by atoms with Crippen LogP contribution in [0.5, 0.6) is 0 Å². The fourth-order valence-electron chi connectivity index (χ4n) is 4.10. The maximum atomic E-state index is 12.5. The molecule has 2 aromatic carbocycles. The summed E-state index contributed by atoms with van der Waals surface area (Å²) in [5.74, 6) is -0.194. The minimum atomic E-state index is -0.194. The Morgan fingerprint density at radius 2 is 1.88 bits per heavy atom. The number of thioether (sulfide) groups is 1. The van der Waals surface area contributed by atoms with Gasteiger partial charge in [0.05, 0.1) is 32.3 Å². The van der Waals surface area contributed by atoms with Gasteiger partial charge >= 0.3 is 0 Å². The molecule has 9 heteroatoms. The van der Waals surface area contributed by atoms with E-state index in [0.29, 0.717) is 25.8 Å². The number of imidazole rings is 1. The van der Waals surface area contributed by atoms with Crippen LogP contribution in [0.25, 0.3) is 17.1 Å². The van der Waals surface area contributed by atoms with Crippen molar-refractivity contribution < 1.29 is 4.79 Å². The second-order valence-electron chi connectivity index (χ2n) is 8.14. The fourth-order valence-corrected chi connectivity index (χ4v) is 5.41. The topological polar surface area (TPSA) is 62.5 Å². The molecule has 2 fully saturated rings. The molecule has 2 aliphatic heterocycles. The van der Waals surface area contributed by atoms with Crippen LogP contribution < -0.4 is 5.32 Å². The van der Waals surface area contributed by atoms with E-state index < -0.39 is 0 Å². The number of para-hydroxylation sites is 1. The fraction of sp³-hybridized carbons (Fsp3) is 0.292. The summed E-state index contributed by atoms with van der Waals surface area (Å²) in [5.41, 5.74) is 3.41. The van der Waals surface area contributed by atoms with Gasteiger partial charge in [0.2, 0.25) is 0 Å². The Morgan fingerprint density at radius 3 is 2.67 bits per heavy atom. The van der Waals surface area contributed by atoms with Gasteiger partial charge in [-0.1, -0.05) is 41.8 Å². The molecular weight excluding hydrogens is 477 g/mol. The maximum Gasteiger partial charge on any atom is 0.264 e. The van der Waals surface area contributed by atoms with Gasteiger partial charge in [0, 0.05) is 13.1 Å². The van der Waals surface area contributed by atoms with Crippen LogP contribution >= 0.6 is 35.0 Å². The number of nitrogens with one attached hydrogen (secondary N) is 1. The lowest BCUT2D eigenvalue weighted by atomic mass is 10.1. The number of nitrogens with zero attached hydrogens (tertiary/aromatic N) is 4. The van der Waals surface area contributed by atoms with Crippen molar-refractivity contribution in [3.05, 3.63) is 63.2 Å². The van der Waals surface area contributed by atoms with E-state index in [1.165, 1.54) is 44.1 Å². The number of hydrogen-bond acceptors (Lipinski definition) is 5. The van der Waals surface area contributed by atoms with Crippen molar-refractivity contribution in [3.8, 4) is 0 Å². The van der Waals surface area contributed by atoms with Crippen LogP contribution in [0.4, 0.5) is 5.69 Å². The molecule has 0 radical (unpaired) electrons. The molecule has 33 heavy (non-hydrogen) atoms. The number of halogens is 2. The minimum absolute atomic E-state index is 0.194. The third-order valence-corrected chi connectivity index (χ3v) is 7.37. The first-order valence-corrected chi connectivity index (χ1v) is 12.5. The van der Waals surface area contributed by atoms with E-state index in [2.05, 4.69) is 30.8 Å². The summed E-state index contributed by atoms with van der Waals surface area (Å²) >= 11 is 13.7. The van der Waals surface area contributed by atoms with E-state index in [1.54, 1.807) is 18.2 Å². The molecule has 0 aliphatic carbocycles. The SMILES string of the molecule is O=C1NC(=Nc2c(Cl)cccc2Cl)S/C1=C\c1ccc2ncn(CCN3CCCCC3)c2c1. The maximum absolute atomic E-state index is 12.5. The molecule has 0 saturated carbocycles. The summed E-state index contributed by atoms with van der Waals surface area (Å²) in [6.07, 6.45) is 7.69. The van der Waals surface area contributed by atoms with Gasteiger partial charge in [0.15, 0.2) is 5.17 Å². The van der Waals surface area contributed by atoms with E-state index in [9.17, 15) is 4.79 Å². The Morgan fingerprint density at radius 1 is 1.09 bits per heavy atom. The predicted octanol–water partition coefficient (Wildman–Crippen LogP) is 5.72. The Balaban J connectivity index is 1.35.